The highest BCUT2D eigenvalue weighted by molar-refractivity contribution is 6.31. The average molecular weight is 259 g/mol. The third kappa shape index (κ3) is 2.84. The van der Waals surface area contributed by atoms with Crippen LogP contribution in [0.1, 0.15) is 17.5 Å². The first-order chi connectivity index (χ1) is 7.57. The molecular formula is C10H8Cl2N2O2. The number of rotatable bonds is 2. The molecule has 4 nitrogen and oxygen atoms in total. The number of nitro groups is 1. The molecule has 0 saturated heterocycles. The largest absolute Gasteiger partial charge is 0.310 e. The van der Waals surface area contributed by atoms with Crippen molar-refractivity contribution in [3.63, 3.8) is 0 Å². The molecule has 1 heterocycles. The summed E-state index contributed by atoms with van der Waals surface area (Å²) in [6, 6.07) is 0. The van der Waals surface area contributed by atoms with Crippen LogP contribution in [-0.4, -0.2) is 15.8 Å². The number of halogens is 2. The Morgan fingerprint density at radius 2 is 2.31 bits per heavy atom. The van der Waals surface area contributed by atoms with Gasteiger partial charge in [0.05, 0.1) is 10.5 Å². The molecule has 84 valence electrons. The second-order valence-corrected chi connectivity index (χ2v) is 3.67. The van der Waals surface area contributed by atoms with Crippen molar-refractivity contribution in [1.29, 1.82) is 0 Å². The average Bonchev–Trinajstić information content (AvgIpc) is 2.21. The third-order valence-electron chi connectivity index (χ3n) is 1.89. The van der Waals surface area contributed by atoms with Crippen LogP contribution < -0.4 is 0 Å². The van der Waals surface area contributed by atoms with Gasteiger partial charge in [-0.3, -0.25) is 10.1 Å². The van der Waals surface area contributed by atoms with Crippen molar-refractivity contribution in [2.75, 3.05) is 5.88 Å². The molecule has 0 radical (unpaired) electrons. The van der Waals surface area contributed by atoms with Crippen molar-refractivity contribution in [2.24, 2.45) is 0 Å². The summed E-state index contributed by atoms with van der Waals surface area (Å²) in [4.78, 5) is 13.9. The molecule has 1 aromatic heterocycles. The smallest absolute Gasteiger partial charge is 0.258 e. The number of pyridine rings is 1. The van der Waals surface area contributed by atoms with Gasteiger partial charge in [0.2, 0.25) is 5.15 Å². The Hall–Kier alpha value is -1.31. The summed E-state index contributed by atoms with van der Waals surface area (Å²) in [5, 5.41) is 10.6. The number of alkyl halides is 1. The standard InChI is InChI=1S/C10H8Cl2N2O2/c1-7-8(4-2-3-5-11)6-13-10(12)9(7)14(15)16/h6H,3,5H2,1H3. The Bertz CT molecular complexity index is 478. The number of hydrogen-bond donors (Lipinski definition) is 0. The van der Waals surface area contributed by atoms with Crippen molar-refractivity contribution in [2.45, 2.75) is 13.3 Å². The van der Waals surface area contributed by atoms with Crippen LogP contribution in [0.5, 0.6) is 0 Å². The Morgan fingerprint density at radius 1 is 1.62 bits per heavy atom. The quantitative estimate of drug-likeness (QED) is 0.270. The van der Waals surface area contributed by atoms with Crippen molar-refractivity contribution < 1.29 is 4.92 Å². The van der Waals surface area contributed by atoms with Gasteiger partial charge in [-0.2, -0.15) is 0 Å². The first-order valence-electron chi connectivity index (χ1n) is 4.42. The van der Waals surface area contributed by atoms with E-state index < -0.39 is 4.92 Å². The maximum Gasteiger partial charge on any atom is 0.310 e. The molecule has 0 atom stereocenters. The summed E-state index contributed by atoms with van der Waals surface area (Å²) in [6.45, 7) is 1.59. The first-order valence-corrected chi connectivity index (χ1v) is 5.33. The number of aromatic nitrogens is 1. The predicted molar refractivity (Wildman–Crippen MR) is 62.9 cm³/mol. The molecule has 1 rings (SSSR count). The zero-order chi connectivity index (χ0) is 12.1. The fourth-order valence-corrected chi connectivity index (χ4v) is 1.46. The van der Waals surface area contributed by atoms with Gasteiger partial charge in [0, 0.05) is 24.1 Å². The summed E-state index contributed by atoms with van der Waals surface area (Å²) >= 11 is 11.1. The van der Waals surface area contributed by atoms with E-state index in [1.165, 1.54) is 6.20 Å². The van der Waals surface area contributed by atoms with Crippen LogP contribution in [0.4, 0.5) is 5.69 Å². The molecule has 0 N–H and O–H groups in total. The van der Waals surface area contributed by atoms with E-state index in [4.69, 9.17) is 23.2 Å². The Kier molecular flexibility index (Phi) is 4.53. The molecule has 0 aliphatic heterocycles. The van der Waals surface area contributed by atoms with Gasteiger partial charge in [0.15, 0.2) is 0 Å². The number of nitrogens with zero attached hydrogens (tertiary/aromatic N) is 2. The molecule has 0 aliphatic carbocycles. The highest BCUT2D eigenvalue weighted by Gasteiger charge is 2.19. The van der Waals surface area contributed by atoms with Crippen molar-refractivity contribution in [3.05, 3.63) is 32.6 Å². The minimum atomic E-state index is -0.558. The highest BCUT2D eigenvalue weighted by atomic mass is 35.5. The van der Waals surface area contributed by atoms with E-state index in [1.807, 2.05) is 0 Å². The second-order valence-electron chi connectivity index (χ2n) is 2.93. The molecule has 1 aromatic rings. The van der Waals surface area contributed by atoms with E-state index >= 15 is 0 Å². The zero-order valence-electron chi connectivity index (χ0n) is 8.46. The number of hydrogen-bond acceptors (Lipinski definition) is 3. The van der Waals surface area contributed by atoms with Crippen LogP contribution >= 0.6 is 23.2 Å². The van der Waals surface area contributed by atoms with Gasteiger partial charge in [-0.05, 0) is 6.92 Å². The molecule has 16 heavy (non-hydrogen) atoms. The predicted octanol–water partition coefficient (Wildman–Crippen LogP) is 2.93. The van der Waals surface area contributed by atoms with Crippen molar-refractivity contribution in [3.8, 4) is 11.8 Å². The van der Waals surface area contributed by atoms with Crippen LogP contribution in [0.15, 0.2) is 6.20 Å². The summed E-state index contributed by atoms with van der Waals surface area (Å²) in [5.74, 6) is 5.99. The Labute approximate surface area is 103 Å². The molecule has 6 heteroatoms. The van der Waals surface area contributed by atoms with Gasteiger partial charge in [0.25, 0.3) is 0 Å². The van der Waals surface area contributed by atoms with Gasteiger partial charge < -0.3 is 0 Å². The lowest BCUT2D eigenvalue weighted by molar-refractivity contribution is -0.385. The van der Waals surface area contributed by atoms with Gasteiger partial charge in [-0.25, -0.2) is 4.98 Å². The van der Waals surface area contributed by atoms with Gasteiger partial charge >= 0.3 is 5.69 Å². The Morgan fingerprint density at radius 3 is 2.88 bits per heavy atom. The summed E-state index contributed by atoms with van der Waals surface area (Å²) in [7, 11) is 0. The Balaban J connectivity index is 3.20. The monoisotopic (exact) mass is 258 g/mol. The summed E-state index contributed by atoms with van der Waals surface area (Å²) in [5.41, 5.74) is 0.729. The van der Waals surface area contributed by atoms with E-state index in [0.717, 1.165) is 0 Å². The van der Waals surface area contributed by atoms with Gasteiger partial charge in [-0.1, -0.05) is 23.4 Å². The zero-order valence-corrected chi connectivity index (χ0v) is 9.97. The minimum absolute atomic E-state index is 0.120. The lowest BCUT2D eigenvalue weighted by Crippen LogP contribution is -1.97. The van der Waals surface area contributed by atoms with E-state index in [0.29, 0.717) is 23.4 Å². The minimum Gasteiger partial charge on any atom is -0.258 e. The molecule has 0 fully saturated rings. The van der Waals surface area contributed by atoms with Crippen molar-refractivity contribution >= 4 is 28.9 Å². The molecule has 0 aromatic carbocycles. The fourth-order valence-electron chi connectivity index (χ4n) is 1.10. The topological polar surface area (TPSA) is 56.0 Å². The molecule has 0 saturated carbocycles. The summed E-state index contributed by atoms with van der Waals surface area (Å²) < 4.78 is 0. The molecule has 0 unspecified atom stereocenters. The maximum atomic E-state index is 10.7. The van der Waals surface area contributed by atoms with Crippen LogP contribution in [0.25, 0.3) is 0 Å². The molecule has 0 aliphatic rings. The van der Waals surface area contributed by atoms with Crippen LogP contribution in [0.3, 0.4) is 0 Å². The molecular weight excluding hydrogens is 251 g/mol. The third-order valence-corrected chi connectivity index (χ3v) is 2.35. The van der Waals surface area contributed by atoms with E-state index in [1.54, 1.807) is 6.92 Å². The van der Waals surface area contributed by atoms with E-state index in [2.05, 4.69) is 16.8 Å². The van der Waals surface area contributed by atoms with Gasteiger partial charge in [0.1, 0.15) is 0 Å². The lowest BCUT2D eigenvalue weighted by Gasteiger charge is -2.00. The van der Waals surface area contributed by atoms with Crippen molar-refractivity contribution in [1.82, 2.24) is 4.98 Å². The maximum absolute atomic E-state index is 10.7. The highest BCUT2D eigenvalue weighted by Crippen LogP contribution is 2.27. The first kappa shape index (κ1) is 12.8. The summed E-state index contributed by atoms with van der Waals surface area (Å²) in [6.07, 6.45) is 1.95. The van der Waals surface area contributed by atoms with E-state index in [9.17, 15) is 10.1 Å². The van der Waals surface area contributed by atoms with Gasteiger partial charge in [-0.15, -0.1) is 11.6 Å². The van der Waals surface area contributed by atoms with Crippen LogP contribution in [0.2, 0.25) is 5.15 Å². The van der Waals surface area contributed by atoms with Crippen LogP contribution in [0, 0.1) is 28.9 Å². The van der Waals surface area contributed by atoms with Crippen LogP contribution in [-0.2, 0) is 0 Å². The molecule has 0 spiro atoms. The molecule has 0 bridgehead atoms. The van der Waals surface area contributed by atoms with E-state index in [-0.39, 0.29) is 10.8 Å². The SMILES string of the molecule is Cc1c(C#CCCCl)cnc(Cl)c1[N+](=O)[O-]. The fraction of sp³-hybridized carbons (Fsp3) is 0.300. The second kappa shape index (κ2) is 5.69. The lowest BCUT2D eigenvalue weighted by atomic mass is 10.1. The molecule has 0 amide bonds. The normalized spacial score (nSPS) is 9.44.